The van der Waals surface area contributed by atoms with E-state index in [0.29, 0.717) is 23.3 Å². The molecule has 0 aliphatic heterocycles. The quantitative estimate of drug-likeness (QED) is 0.630. The summed E-state index contributed by atoms with van der Waals surface area (Å²) in [6.07, 6.45) is 0.715. The molecule has 2 aromatic carbocycles. The van der Waals surface area contributed by atoms with Gasteiger partial charge in [0.05, 0.1) is 0 Å². The Morgan fingerprint density at radius 2 is 1.75 bits per heavy atom. The summed E-state index contributed by atoms with van der Waals surface area (Å²) in [6, 6.07) is 14.4. The summed E-state index contributed by atoms with van der Waals surface area (Å²) in [7, 11) is 0. The number of anilines is 1. The molecule has 0 atom stereocenters. The average molecular weight is 213 g/mol. The molecule has 0 aromatic heterocycles. The molecule has 0 fully saturated rings. The molecule has 2 N–H and O–H groups in total. The fraction of sp³-hybridized carbons (Fsp3) is 0. The van der Waals surface area contributed by atoms with E-state index in [4.69, 9.17) is 10.5 Å². The molecule has 0 spiro atoms. The van der Waals surface area contributed by atoms with Crippen LogP contribution < -0.4 is 10.5 Å². The second kappa shape index (κ2) is 4.49. The zero-order chi connectivity index (χ0) is 11.4. The summed E-state index contributed by atoms with van der Waals surface area (Å²) >= 11 is 0. The minimum absolute atomic E-state index is 0.438. The third kappa shape index (κ3) is 2.20. The smallest absolute Gasteiger partial charge is 0.152 e. The molecule has 0 bridgehead atoms. The van der Waals surface area contributed by atoms with Crippen LogP contribution in [0.15, 0.2) is 48.5 Å². The third-order valence-electron chi connectivity index (χ3n) is 2.16. The van der Waals surface area contributed by atoms with Crippen LogP contribution in [-0.2, 0) is 0 Å². The monoisotopic (exact) mass is 213 g/mol. The van der Waals surface area contributed by atoms with Crippen molar-refractivity contribution in [3.8, 4) is 11.5 Å². The van der Waals surface area contributed by atoms with Gasteiger partial charge in [-0.1, -0.05) is 18.2 Å². The highest BCUT2D eigenvalue weighted by Crippen LogP contribution is 2.23. The number of ether oxygens (including phenoxy) is 1. The van der Waals surface area contributed by atoms with Crippen LogP contribution in [0.25, 0.3) is 0 Å². The van der Waals surface area contributed by atoms with E-state index in [1.54, 1.807) is 18.2 Å². The SMILES string of the molecule is Nc1ccc(Oc2ccccc2)cc1C=O. The van der Waals surface area contributed by atoms with E-state index in [1.165, 1.54) is 0 Å². The van der Waals surface area contributed by atoms with Gasteiger partial charge < -0.3 is 10.5 Å². The van der Waals surface area contributed by atoms with Crippen molar-refractivity contribution in [2.24, 2.45) is 0 Å². The largest absolute Gasteiger partial charge is 0.457 e. The topological polar surface area (TPSA) is 52.3 Å². The van der Waals surface area contributed by atoms with Crippen LogP contribution in [0.5, 0.6) is 11.5 Å². The molecule has 2 rings (SSSR count). The number of nitrogens with two attached hydrogens (primary N) is 1. The maximum absolute atomic E-state index is 10.7. The van der Waals surface area contributed by atoms with E-state index < -0.39 is 0 Å². The Kier molecular flexibility index (Phi) is 2.87. The van der Waals surface area contributed by atoms with E-state index in [-0.39, 0.29) is 0 Å². The minimum Gasteiger partial charge on any atom is -0.457 e. The summed E-state index contributed by atoms with van der Waals surface area (Å²) in [5.41, 5.74) is 6.50. The number of benzene rings is 2. The Labute approximate surface area is 93.5 Å². The summed E-state index contributed by atoms with van der Waals surface area (Å²) in [6.45, 7) is 0. The minimum atomic E-state index is 0.438. The highest BCUT2D eigenvalue weighted by molar-refractivity contribution is 5.83. The molecule has 80 valence electrons. The molecular weight excluding hydrogens is 202 g/mol. The first kappa shape index (κ1) is 10.2. The highest BCUT2D eigenvalue weighted by Gasteiger charge is 2.01. The molecule has 0 aliphatic carbocycles. The second-order valence-electron chi connectivity index (χ2n) is 3.32. The van der Waals surface area contributed by atoms with Gasteiger partial charge in [0.15, 0.2) is 6.29 Å². The number of aldehydes is 1. The van der Waals surface area contributed by atoms with E-state index in [9.17, 15) is 4.79 Å². The lowest BCUT2D eigenvalue weighted by molar-refractivity contribution is 0.112. The van der Waals surface area contributed by atoms with Crippen LogP contribution in [0.4, 0.5) is 5.69 Å². The van der Waals surface area contributed by atoms with E-state index in [2.05, 4.69) is 0 Å². The zero-order valence-corrected chi connectivity index (χ0v) is 8.59. The molecule has 3 heteroatoms. The average Bonchev–Trinajstić information content (AvgIpc) is 2.33. The maximum Gasteiger partial charge on any atom is 0.152 e. The molecule has 0 saturated heterocycles. The van der Waals surface area contributed by atoms with Crippen molar-refractivity contribution in [1.82, 2.24) is 0 Å². The number of hydrogen-bond donors (Lipinski definition) is 1. The Hall–Kier alpha value is -2.29. The highest BCUT2D eigenvalue weighted by atomic mass is 16.5. The number of nitrogen functional groups attached to an aromatic ring is 1. The first-order valence-electron chi connectivity index (χ1n) is 4.87. The molecule has 0 aliphatic rings. The van der Waals surface area contributed by atoms with Gasteiger partial charge in [0.2, 0.25) is 0 Å². The lowest BCUT2D eigenvalue weighted by Crippen LogP contribution is -1.93. The lowest BCUT2D eigenvalue weighted by atomic mass is 10.2. The Morgan fingerprint density at radius 3 is 2.44 bits per heavy atom. The standard InChI is InChI=1S/C13H11NO2/c14-13-7-6-12(8-10(13)9-15)16-11-4-2-1-3-5-11/h1-9H,14H2. The normalized spacial score (nSPS) is 9.75. The van der Waals surface area contributed by atoms with Crippen molar-refractivity contribution in [2.45, 2.75) is 0 Å². The second-order valence-corrected chi connectivity index (χ2v) is 3.32. The van der Waals surface area contributed by atoms with Gasteiger partial charge >= 0.3 is 0 Å². The molecule has 3 nitrogen and oxygen atoms in total. The fourth-order valence-electron chi connectivity index (χ4n) is 1.34. The Bertz CT molecular complexity index is 495. The molecule has 0 heterocycles. The maximum atomic E-state index is 10.7. The van der Waals surface area contributed by atoms with Crippen LogP contribution >= 0.6 is 0 Å². The van der Waals surface area contributed by atoms with E-state index in [0.717, 1.165) is 5.75 Å². The van der Waals surface area contributed by atoms with E-state index in [1.807, 2.05) is 30.3 Å². The predicted octanol–water partition coefficient (Wildman–Crippen LogP) is 2.87. The first-order chi connectivity index (χ1) is 7.79. The summed E-state index contributed by atoms with van der Waals surface area (Å²) in [5, 5.41) is 0. The van der Waals surface area contributed by atoms with Gasteiger partial charge in [0, 0.05) is 11.3 Å². The van der Waals surface area contributed by atoms with Crippen molar-refractivity contribution < 1.29 is 9.53 Å². The van der Waals surface area contributed by atoms with Crippen molar-refractivity contribution in [3.63, 3.8) is 0 Å². The lowest BCUT2D eigenvalue weighted by Gasteiger charge is -2.06. The van der Waals surface area contributed by atoms with E-state index >= 15 is 0 Å². The molecule has 0 saturated carbocycles. The number of rotatable bonds is 3. The molecule has 0 radical (unpaired) electrons. The molecule has 0 unspecified atom stereocenters. The number of carbonyl (C=O) groups is 1. The van der Waals surface area contributed by atoms with Crippen molar-refractivity contribution in [3.05, 3.63) is 54.1 Å². The van der Waals surface area contributed by atoms with Gasteiger partial charge in [-0.05, 0) is 30.3 Å². The van der Waals surface area contributed by atoms with Gasteiger partial charge in [-0.3, -0.25) is 4.79 Å². The molecule has 0 amide bonds. The van der Waals surface area contributed by atoms with Gasteiger partial charge in [0.1, 0.15) is 11.5 Å². The fourth-order valence-corrected chi connectivity index (χ4v) is 1.34. The van der Waals surface area contributed by atoms with Gasteiger partial charge in [0.25, 0.3) is 0 Å². The van der Waals surface area contributed by atoms with Crippen LogP contribution in [-0.4, -0.2) is 6.29 Å². The Balaban J connectivity index is 2.26. The van der Waals surface area contributed by atoms with Crippen molar-refractivity contribution in [2.75, 3.05) is 5.73 Å². The number of carbonyl (C=O) groups excluding carboxylic acids is 1. The van der Waals surface area contributed by atoms with Crippen molar-refractivity contribution in [1.29, 1.82) is 0 Å². The predicted molar refractivity (Wildman–Crippen MR) is 62.8 cm³/mol. The van der Waals surface area contributed by atoms with Gasteiger partial charge in [-0.15, -0.1) is 0 Å². The molecule has 2 aromatic rings. The number of para-hydroxylation sites is 1. The van der Waals surface area contributed by atoms with Crippen LogP contribution in [0.2, 0.25) is 0 Å². The summed E-state index contributed by atoms with van der Waals surface area (Å²) < 4.78 is 5.56. The van der Waals surface area contributed by atoms with Crippen LogP contribution in [0.1, 0.15) is 10.4 Å². The van der Waals surface area contributed by atoms with Crippen LogP contribution in [0, 0.1) is 0 Å². The van der Waals surface area contributed by atoms with Crippen LogP contribution in [0.3, 0.4) is 0 Å². The van der Waals surface area contributed by atoms with Gasteiger partial charge in [-0.2, -0.15) is 0 Å². The first-order valence-corrected chi connectivity index (χ1v) is 4.87. The van der Waals surface area contributed by atoms with Crippen molar-refractivity contribution >= 4 is 12.0 Å². The third-order valence-corrected chi connectivity index (χ3v) is 2.16. The number of hydrogen-bond acceptors (Lipinski definition) is 3. The summed E-state index contributed by atoms with van der Waals surface area (Å²) in [5.74, 6) is 1.33. The van der Waals surface area contributed by atoms with Gasteiger partial charge in [-0.25, -0.2) is 0 Å². The summed E-state index contributed by atoms with van der Waals surface area (Å²) in [4.78, 5) is 10.7. The zero-order valence-electron chi connectivity index (χ0n) is 8.59. The Morgan fingerprint density at radius 1 is 1.00 bits per heavy atom. The molecule has 16 heavy (non-hydrogen) atoms. The molecular formula is C13H11NO2.